The van der Waals surface area contributed by atoms with Crippen molar-refractivity contribution in [1.82, 2.24) is 14.8 Å². The second-order valence-electron chi connectivity index (χ2n) is 5.01. The Hall–Kier alpha value is -2.83. The minimum atomic E-state index is -0.399. The van der Waals surface area contributed by atoms with Crippen LogP contribution in [0.25, 0.3) is 0 Å². The molecule has 1 saturated heterocycles. The molecule has 7 nitrogen and oxygen atoms in total. The summed E-state index contributed by atoms with van der Waals surface area (Å²) in [5, 5.41) is 0. The van der Waals surface area contributed by atoms with Crippen molar-refractivity contribution >= 4 is 11.8 Å². The van der Waals surface area contributed by atoms with Gasteiger partial charge in [-0.25, -0.2) is 0 Å². The molecule has 114 valence electrons. The number of carbonyl (C=O) groups is 2. The van der Waals surface area contributed by atoms with Crippen LogP contribution in [-0.4, -0.2) is 52.8 Å². The molecule has 2 aromatic rings. The lowest BCUT2D eigenvalue weighted by atomic mass is 10.2. The van der Waals surface area contributed by atoms with E-state index in [2.05, 4.69) is 4.98 Å². The number of piperazine rings is 1. The summed E-state index contributed by atoms with van der Waals surface area (Å²) in [7, 11) is 0. The summed E-state index contributed by atoms with van der Waals surface area (Å²) in [6.07, 6.45) is 4.35. The van der Waals surface area contributed by atoms with Crippen LogP contribution in [0.2, 0.25) is 0 Å². The highest BCUT2D eigenvalue weighted by atomic mass is 16.3. The molecule has 3 rings (SSSR count). The zero-order chi connectivity index (χ0) is 15.5. The van der Waals surface area contributed by atoms with E-state index in [1.165, 1.54) is 24.8 Å². The summed E-state index contributed by atoms with van der Waals surface area (Å²) < 4.78 is 4.91. The molecule has 1 fully saturated rings. The van der Waals surface area contributed by atoms with Crippen molar-refractivity contribution < 1.29 is 14.0 Å². The highest BCUT2D eigenvalue weighted by molar-refractivity contribution is 5.95. The Bertz CT molecular complexity index is 727. The number of nitrogens with zero attached hydrogens (tertiary/aromatic N) is 2. The number of H-pyrrole nitrogens is 1. The third-order valence-electron chi connectivity index (χ3n) is 3.67. The predicted octanol–water partition coefficient (Wildman–Crippen LogP) is 0.566. The maximum atomic E-state index is 12.3. The molecule has 1 N–H and O–H groups in total. The van der Waals surface area contributed by atoms with Gasteiger partial charge in [0.05, 0.1) is 11.8 Å². The Morgan fingerprint density at radius 3 is 2.32 bits per heavy atom. The molecule has 22 heavy (non-hydrogen) atoms. The fraction of sp³-hybridized carbons (Fsp3) is 0.267. The van der Waals surface area contributed by atoms with Gasteiger partial charge in [0, 0.05) is 32.4 Å². The first-order valence-corrected chi connectivity index (χ1v) is 6.95. The first kappa shape index (κ1) is 14.1. The summed E-state index contributed by atoms with van der Waals surface area (Å²) in [5.41, 5.74) is 0.223. The summed E-state index contributed by atoms with van der Waals surface area (Å²) in [5.74, 6) is -0.421. The van der Waals surface area contributed by atoms with E-state index in [0.717, 1.165) is 0 Å². The fourth-order valence-electron chi connectivity index (χ4n) is 2.44. The molecule has 1 aliphatic heterocycles. The van der Waals surface area contributed by atoms with Gasteiger partial charge < -0.3 is 19.2 Å². The number of hydrogen-bond acceptors (Lipinski definition) is 4. The number of nitrogens with one attached hydrogen (secondary N) is 1. The Labute approximate surface area is 126 Å². The molecule has 2 aromatic heterocycles. The Balaban J connectivity index is 1.65. The van der Waals surface area contributed by atoms with E-state index in [0.29, 0.717) is 31.7 Å². The van der Waals surface area contributed by atoms with E-state index < -0.39 is 5.56 Å². The topological polar surface area (TPSA) is 86.6 Å². The van der Waals surface area contributed by atoms with Crippen molar-refractivity contribution in [2.45, 2.75) is 0 Å². The predicted molar refractivity (Wildman–Crippen MR) is 77.6 cm³/mol. The molecular formula is C15H15N3O4. The number of rotatable bonds is 2. The van der Waals surface area contributed by atoms with Crippen LogP contribution in [0.3, 0.4) is 0 Å². The van der Waals surface area contributed by atoms with Crippen LogP contribution in [0, 0.1) is 0 Å². The van der Waals surface area contributed by atoms with Crippen LogP contribution >= 0.6 is 0 Å². The van der Waals surface area contributed by atoms with Crippen molar-refractivity contribution in [3.05, 3.63) is 58.4 Å². The van der Waals surface area contributed by atoms with E-state index in [1.807, 2.05) is 0 Å². The molecule has 7 heteroatoms. The standard InChI is InChI=1S/C15H15N3O4/c19-13-12(2-1-4-16-13)15(21)18-7-5-17(6-8-18)14(20)11-3-9-22-10-11/h1-4,9-10H,5-8H2,(H,16,19). The van der Waals surface area contributed by atoms with Gasteiger partial charge in [-0.2, -0.15) is 0 Å². The highest BCUT2D eigenvalue weighted by Gasteiger charge is 2.26. The molecule has 3 heterocycles. The van der Waals surface area contributed by atoms with E-state index in [9.17, 15) is 14.4 Å². The van der Waals surface area contributed by atoms with Gasteiger partial charge in [0.2, 0.25) is 0 Å². The Morgan fingerprint density at radius 2 is 1.73 bits per heavy atom. The van der Waals surface area contributed by atoms with Gasteiger partial charge >= 0.3 is 0 Å². The third-order valence-corrected chi connectivity index (χ3v) is 3.67. The number of aromatic amines is 1. The maximum Gasteiger partial charge on any atom is 0.260 e. The molecular weight excluding hydrogens is 286 g/mol. The van der Waals surface area contributed by atoms with Crippen molar-refractivity contribution in [2.75, 3.05) is 26.2 Å². The summed E-state index contributed by atoms with van der Waals surface area (Å²) in [6.45, 7) is 1.66. The molecule has 0 aromatic carbocycles. The van der Waals surface area contributed by atoms with Gasteiger partial charge in [0.1, 0.15) is 11.8 Å². The summed E-state index contributed by atoms with van der Waals surface area (Å²) in [4.78, 5) is 41.9. The number of hydrogen-bond donors (Lipinski definition) is 1. The number of amides is 2. The Kier molecular flexibility index (Phi) is 3.78. The number of carbonyl (C=O) groups excluding carboxylic acids is 2. The second-order valence-corrected chi connectivity index (χ2v) is 5.01. The van der Waals surface area contributed by atoms with Crippen LogP contribution < -0.4 is 5.56 Å². The lowest BCUT2D eigenvalue weighted by Gasteiger charge is -2.34. The minimum Gasteiger partial charge on any atom is -0.472 e. The number of furan rings is 1. The minimum absolute atomic E-state index is 0.113. The molecule has 0 spiro atoms. The molecule has 0 unspecified atom stereocenters. The lowest BCUT2D eigenvalue weighted by molar-refractivity contribution is 0.0534. The van der Waals surface area contributed by atoms with E-state index >= 15 is 0 Å². The average Bonchev–Trinajstić information content (AvgIpc) is 3.09. The zero-order valence-electron chi connectivity index (χ0n) is 11.8. The fourth-order valence-corrected chi connectivity index (χ4v) is 2.44. The quantitative estimate of drug-likeness (QED) is 0.878. The van der Waals surface area contributed by atoms with Crippen molar-refractivity contribution in [2.24, 2.45) is 0 Å². The summed E-state index contributed by atoms with van der Waals surface area (Å²) in [6, 6.07) is 4.74. The lowest BCUT2D eigenvalue weighted by Crippen LogP contribution is -2.51. The van der Waals surface area contributed by atoms with Gasteiger partial charge in [-0.05, 0) is 18.2 Å². The molecule has 0 atom stereocenters. The van der Waals surface area contributed by atoms with Gasteiger partial charge in [0.15, 0.2) is 0 Å². The Morgan fingerprint density at radius 1 is 1.05 bits per heavy atom. The number of aromatic nitrogens is 1. The monoisotopic (exact) mass is 301 g/mol. The van der Waals surface area contributed by atoms with Gasteiger partial charge in [-0.1, -0.05) is 0 Å². The van der Waals surface area contributed by atoms with Gasteiger partial charge in [-0.15, -0.1) is 0 Å². The normalized spacial score (nSPS) is 14.9. The van der Waals surface area contributed by atoms with E-state index in [-0.39, 0.29) is 17.4 Å². The van der Waals surface area contributed by atoms with E-state index in [1.54, 1.807) is 21.9 Å². The molecule has 2 amide bonds. The number of pyridine rings is 1. The van der Waals surface area contributed by atoms with Crippen LogP contribution in [0.15, 0.2) is 46.1 Å². The van der Waals surface area contributed by atoms with Crippen LogP contribution in [0.5, 0.6) is 0 Å². The van der Waals surface area contributed by atoms with E-state index in [4.69, 9.17) is 4.42 Å². The van der Waals surface area contributed by atoms with Crippen LogP contribution in [0.4, 0.5) is 0 Å². The van der Waals surface area contributed by atoms with Crippen molar-refractivity contribution in [3.8, 4) is 0 Å². The molecule has 0 bridgehead atoms. The van der Waals surface area contributed by atoms with Crippen LogP contribution in [0.1, 0.15) is 20.7 Å². The molecule has 0 radical (unpaired) electrons. The smallest absolute Gasteiger partial charge is 0.260 e. The van der Waals surface area contributed by atoms with Crippen LogP contribution in [-0.2, 0) is 0 Å². The van der Waals surface area contributed by atoms with Crippen molar-refractivity contribution in [1.29, 1.82) is 0 Å². The maximum absolute atomic E-state index is 12.3. The molecule has 0 aliphatic carbocycles. The highest BCUT2D eigenvalue weighted by Crippen LogP contribution is 2.10. The molecule has 1 aliphatic rings. The first-order chi connectivity index (χ1) is 10.7. The zero-order valence-corrected chi connectivity index (χ0v) is 11.8. The van der Waals surface area contributed by atoms with Gasteiger partial charge in [0.25, 0.3) is 17.4 Å². The van der Waals surface area contributed by atoms with Crippen molar-refractivity contribution in [3.63, 3.8) is 0 Å². The van der Waals surface area contributed by atoms with Gasteiger partial charge in [-0.3, -0.25) is 14.4 Å². The largest absolute Gasteiger partial charge is 0.472 e. The SMILES string of the molecule is O=C(c1ccoc1)N1CCN(C(=O)c2ccc[nH]c2=O)CC1. The first-order valence-electron chi connectivity index (χ1n) is 6.95. The summed E-state index contributed by atoms with van der Waals surface area (Å²) >= 11 is 0. The molecule has 0 saturated carbocycles. The third kappa shape index (κ3) is 2.65. The second kappa shape index (κ2) is 5.88. The average molecular weight is 301 g/mol.